The molecule has 0 bridgehead atoms. The van der Waals surface area contributed by atoms with Crippen molar-refractivity contribution in [3.05, 3.63) is 0 Å². The summed E-state index contributed by atoms with van der Waals surface area (Å²) in [5.41, 5.74) is 1.47. The van der Waals surface area contributed by atoms with Gasteiger partial charge in [-0.05, 0) is 77.9 Å². The van der Waals surface area contributed by atoms with Gasteiger partial charge < -0.3 is 5.11 Å². The molecule has 0 aliphatic carbocycles. The normalized spacial score (nSPS) is 17.7. The smallest absolute Gasteiger partial charge is 0.0461 e. The minimum absolute atomic E-state index is 0.334. The van der Waals surface area contributed by atoms with Crippen molar-refractivity contribution in [1.82, 2.24) is 0 Å². The third-order valence-electron chi connectivity index (χ3n) is 5.98. The summed E-state index contributed by atoms with van der Waals surface area (Å²) >= 11 is 0. The molecule has 27 heavy (non-hydrogen) atoms. The van der Waals surface area contributed by atoms with Crippen molar-refractivity contribution >= 4 is 0 Å². The van der Waals surface area contributed by atoms with E-state index in [1.165, 1.54) is 32.1 Å². The molecule has 0 aliphatic rings. The largest absolute Gasteiger partial charge is 0.396 e. The van der Waals surface area contributed by atoms with Gasteiger partial charge in [0.25, 0.3) is 0 Å². The third-order valence-corrected chi connectivity index (χ3v) is 5.98. The Morgan fingerprint density at radius 1 is 0.667 bits per heavy atom. The molecule has 1 heteroatoms. The van der Waals surface area contributed by atoms with Crippen LogP contribution in [-0.2, 0) is 0 Å². The summed E-state index contributed by atoms with van der Waals surface area (Å²) in [6.07, 6.45) is 7.38. The van der Waals surface area contributed by atoms with Gasteiger partial charge in [-0.2, -0.15) is 0 Å². The summed E-state index contributed by atoms with van der Waals surface area (Å²) in [5, 5.41) is 10.1. The number of rotatable bonds is 11. The van der Waals surface area contributed by atoms with Crippen molar-refractivity contribution in [3.63, 3.8) is 0 Å². The molecule has 0 radical (unpaired) electrons. The van der Waals surface area contributed by atoms with Crippen LogP contribution in [0.3, 0.4) is 0 Å². The number of hydrogen-bond donors (Lipinski definition) is 1. The van der Waals surface area contributed by atoms with E-state index in [0.717, 1.165) is 12.3 Å². The van der Waals surface area contributed by atoms with Crippen LogP contribution in [0.1, 0.15) is 122 Å². The van der Waals surface area contributed by atoms with Crippen LogP contribution < -0.4 is 0 Å². The van der Waals surface area contributed by atoms with E-state index in [1.807, 2.05) is 0 Å². The summed E-state index contributed by atoms with van der Waals surface area (Å²) in [6, 6.07) is 0. The molecule has 0 saturated heterocycles. The van der Waals surface area contributed by atoms with E-state index >= 15 is 0 Å². The van der Waals surface area contributed by atoms with Crippen molar-refractivity contribution in [2.75, 3.05) is 6.61 Å². The molecule has 0 aromatic rings. The van der Waals surface area contributed by atoms with Gasteiger partial charge >= 0.3 is 0 Å². The molecular weight excluding hydrogens is 328 g/mol. The van der Waals surface area contributed by atoms with Gasteiger partial charge in [0.2, 0.25) is 0 Å². The van der Waals surface area contributed by atoms with Crippen LogP contribution >= 0.6 is 0 Å². The van der Waals surface area contributed by atoms with Crippen LogP contribution in [0.2, 0.25) is 0 Å². The molecule has 1 N–H and O–H groups in total. The maximum Gasteiger partial charge on any atom is 0.0461 e. The van der Waals surface area contributed by atoms with E-state index in [9.17, 15) is 5.11 Å². The van der Waals surface area contributed by atoms with Gasteiger partial charge in [0.15, 0.2) is 0 Å². The molecule has 0 aromatic heterocycles. The predicted octanol–water partition coefficient (Wildman–Crippen LogP) is 8.35. The molecule has 164 valence electrons. The Kier molecular flexibility index (Phi) is 10.1. The molecule has 3 atom stereocenters. The molecule has 3 unspecified atom stereocenters. The minimum atomic E-state index is 0.334. The van der Waals surface area contributed by atoms with Gasteiger partial charge in [-0.1, -0.05) is 83.1 Å². The van der Waals surface area contributed by atoms with Crippen LogP contribution in [0.15, 0.2) is 0 Å². The molecular formula is C26H54O. The van der Waals surface area contributed by atoms with Crippen LogP contribution in [0, 0.1) is 39.4 Å². The molecule has 1 nitrogen and oxygen atoms in total. The number of hydrogen-bond acceptors (Lipinski definition) is 1. The van der Waals surface area contributed by atoms with Crippen molar-refractivity contribution in [3.8, 4) is 0 Å². The van der Waals surface area contributed by atoms with Crippen LogP contribution in [0.4, 0.5) is 0 Å². The van der Waals surface area contributed by atoms with Crippen molar-refractivity contribution in [2.45, 2.75) is 122 Å². The average molecular weight is 383 g/mol. The summed E-state index contributed by atoms with van der Waals surface area (Å²) < 4.78 is 0. The van der Waals surface area contributed by atoms with Crippen molar-refractivity contribution in [1.29, 1.82) is 0 Å². The van der Waals surface area contributed by atoms with Crippen LogP contribution in [-0.4, -0.2) is 11.7 Å². The Morgan fingerprint density at radius 3 is 1.59 bits per heavy atom. The average Bonchev–Trinajstić information content (AvgIpc) is 2.31. The molecule has 0 heterocycles. The number of aliphatic hydroxyl groups is 1. The molecule has 0 rings (SSSR count). The lowest BCUT2D eigenvalue weighted by atomic mass is 9.68. The summed E-state index contributed by atoms with van der Waals surface area (Å²) in [6.45, 7) is 28.8. The first kappa shape index (κ1) is 27.0. The summed E-state index contributed by atoms with van der Waals surface area (Å²) in [5.74, 6) is 1.77. The van der Waals surface area contributed by atoms with Gasteiger partial charge in [0.05, 0.1) is 0 Å². The summed E-state index contributed by atoms with van der Waals surface area (Å²) in [4.78, 5) is 0. The van der Waals surface area contributed by atoms with Gasteiger partial charge in [-0.3, -0.25) is 0 Å². The first-order chi connectivity index (χ1) is 11.9. The maximum atomic E-state index is 10.1. The van der Waals surface area contributed by atoms with Gasteiger partial charge in [-0.25, -0.2) is 0 Å². The van der Waals surface area contributed by atoms with E-state index in [0.29, 0.717) is 40.1 Å². The molecule has 0 saturated carbocycles. The zero-order valence-corrected chi connectivity index (χ0v) is 21.1. The fraction of sp³-hybridized carbons (Fsp3) is 1.00. The van der Waals surface area contributed by atoms with Gasteiger partial charge in [0.1, 0.15) is 0 Å². The highest BCUT2D eigenvalue weighted by molar-refractivity contribution is 4.82. The van der Waals surface area contributed by atoms with Crippen LogP contribution in [0.25, 0.3) is 0 Å². The maximum absolute atomic E-state index is 10.1. The fourth-order valence-electron chi connectivity index (χ4n) is 5.84. The Morgan fingerprint density at radius 2 is 1.19 bits per heavy atom. The zero-order valence-electron chi connectivity index (χ0n) is 21.1. The quantitative estimate of drug-likeness (QED) is 0.380. The van der Waals surface area contributed by atoms with E-state index in [2.05, 4.69) is 83.1 Å². The highest BCUT2D eigenvalue weighted by Crippen LogP contribution is 2.41. The monoisotopic (exact) mass is 382 g/mol. The molecule has 0 spiro atoms. The second kappa shape index (κ2) is 10.1. The second-order valence-electron chi connectivity index (χ2n) is 13.8. The fourth-order valence-corrected chi connectivity index (χ4v) is 5.84. The highest BCUT2D eigenvalue weighted by atomic mass is 16.3. The van der Waals surface area contributed by atoms with E-state index in [-0.39, 0.29) is 0 Å². The Labute approximate surface area is 173 Å². The van der Waals surface area contributed by atoms with Gasteiger partial charge in [-0.15, -0.1) is 0 Å². The van der Waals surface area contributed by atoms with Crippen LogP contribution in [0.5, 0.6) is 0 Å². The van der Waals surface area contributed by atoms with E-state index in [4.69, 9.17) is 0 Å². The molecule has 0 aliphatic heterocycles. The molecule has 0 aromatic carbocycles. The van der Waals surface area contributed by atoms with E-state index < -0.39 is 0 Å². The minimum Gasteiger partial charge on any atom is -0.396 e. The van der Waals surface area contributed by atoms with E-state index in [1.54, 1.807) is 0 Å². The van der Waals surface area contributed by atoms with Gasteiger partial charge in [0, 0.05) is 6.61 Å². The lowest BCUT2D eigenvalue weighted by molar-refractivity contribution is 0.101. The highest BCUT2D eigenvalue weighted by Gasteiger charge is 2.31. The molecule has 0 amide bonds. The first-order valence-electron chi connectivity index (χ1n) is 11.5. The zero-order chi connectivity index (χ0) is 21.7. The summed E-state index contributed by atoms with van der Waals surface area (Å²) in [7, 11) is 0. The number of aliphatic hydroxyl groups excluding tert-OH is 1. The molecule has 0 fully saturated rings. The SMILES string of the molecule is CC(CC(C)(C)C)CC(C)(C)CCC(CO)C(C)CC(C)(C)CC(C)(C)C. The van der Waals surface area contributed by atoms with Crippen molar-refractivity contribution < 1.29 is 5.11 Å². The standard InChI is InChI=1S/C26H54O/c1-20(15-23(3,4)5)16-25(9,10)14-13-22(18-27)21(2)17-26(11,12)19-24(6,7)8/h20-22,27H,13-19H2,1-12H3. The topological polar surface area (TPSA) is 20.2 Å². The lowest BCUT2D eigenvalue weighted by Gasteiger charge is -2.37. The Hall–Kier alpha value is -0.0400. The Bertz CT molecular complexity index is 405. The van der Waals surface area contributed by atoms with Crippen molar-refractivity contribution in [2.24, 2.45) is 39.4 Å². The first-order valence-corrected chi connectivity index (χ1v) is 11.5. The predicted molar refractivity (Wildman–Crippen MR) is 123 cm³/mol. The second-order valence-corrected chi connectivity index (χ2v) is 13.8. The third kappa shape index (κ3) is 13.7. The Balaban J connectivity index is 4.69. The lowest BCUT2D eigenvalue weighted by Crippen LogP contribution is -2.28.